The normalized spacial score (nSPS) is 17.8. The monoisotopic (exact) mass is 557 g/mol. The first-order chi connectivity index (χ1) is 15.8. The van der Waals surface area contributed by atoms with Crippen molar-refractivity contribution in [3.8, 4) is 0 Å². The van der Waals surface area contributed by atoms with Crippen molar-refractivity contribution in [2.75, 3.05) is 38.5 Å². The largest absolute Gasteiger partial charge is 0.416 e. The van der Waals surface area contributed by atoms with Crippen molar-refractivity contribution in [1.82, 2.24) is 14.8 Å². The Balaban J connectivity index is 1.75. The zero-order valence-corrected chi connectivity index (χ0v) is 18.2. The van der Waals surface area contributed by atoms with Gasteiger partial charge in [-0.15, -0.1) is 0 Å². The molecule has 1 fully saturated rings. The van der Waals surface area contributed by atoms with Crippen LogP contribution >= 0.6 is 22.6 Å². The van der Waals surface area contributed by atoms with E-state index >= 15 is 0 Å². The van der Waals surface area contributed by atoms with Gasteiger partial charge >= 0.3 is 6.18 Å². The Morgan fingerprint density at radius 3 is 2.55 bits per heavy atom. The number of hydrogen-bond donors (Lipinski definition) is 1. The average molecular weight is 557 g/mol. The fourth-order valence-corrected chi connectivity index (χ4v) is 3.85. The van der Waals surface area contributed by atoms with Crippen molar-refractivity contribution in [1.29, 1.82) is 0 Å². The molecule has 11 heteroatoms. The average Bonchev–Trinajstić information content (AvgIpc) is 2.73. The van der Waals surface area contributed by atoms with Gasteiger partial charge in [0.25, 0.3) is 12.3 Å². The van der Waals surface area contributed by atoms with E-state index in [0.29, 0.717) is 13.1 Å². The molecule has 1 aromatic heterocycles. The predicted molar refractivity (Wildman–Crippen MR) is 114 cm³/mol. The van der Waals surface area contributed by atoms with Gasteiger partial charge in [-0.25, -0.2) is 8.78 Å². The van der Waals surface area contributed by atoms with Gasteiger partial charge in [0.05, 0.1) is 11.1 Å². The van der Waals surface area contributed by atoms with E-state index in [2.05, 4.69) is 10.3 Å². The highest BCUT2D eigenvalue weighted by Gasteiger charge is 2.34. The Morgan fingerprint density at radius 2 is 1.97 bits per heavy atom. The number of rotatable bonds is 5. The summed E-state index contributed by atoms with van der Waals surface area (Å²) >= 11 is 1.61. The van der Waals surface area contributed by atoms with E-state index in [1.54, 1.807) is 27.5 Å². The number of piperazine rings is 1. The fraction of sp³-hybridized carbons (Fsp3) is 0.400. The molecule has 5 nitrogen and oxygen atoms in total. The minimum absolute atomic E-state index is 0.00895. The van der Waals surface area contributed by atoms with Gasteiger partial charge < -0.3 is 10.2 Å². The van der Waals surface area contributed by atoms with E-state index in [1.165, 1.54) is 23.1 Å². The van der Waals surface area contributed by atoms with Gasteiger partial charge in [-0.1, -0.05) is 6.07 Å². The molecule has 0 bridgehead atoms. The van der Waals surface area contributed by atoms with Gasteiger partial charge in [-0.3, -0.25) is 14.7 Å². The number of halogens is 6. The molecule has 1 N–H and O–H groups in total. The van der Waals surface area contributed by atoms with Gasteiger partial charge in [0.2, 0.25) is 0 Å². The van der Waals surface area contributed by atoms with Crippen molar-refractivity contribution < 1.29 is 30.9 Å². The Hall–Kier alpha value is -1.86. The number of carbonyl (C=O) groups is 1. The number of alkyl halides is 5. The molecule has 1 amide bonds. The first-order valence-electron chi connectivity index (χ1n) is 10.7. The Kier molecular flexibility index (Phi) is 6.22. The van der Waals surface area contributed by atoms with E-state index in [9.17, 15) is 26.7 Å². The van der Waals surface area contributed by atoms with Crippen LogP contribution in [0.5, 0.6) is 0 Å². The number of likely N-dealkylation sites (N-methyl/N-ethyl adjacent to an activating group) is 1. The van der Waals surface area contributed by atoms with Crippen LogP contribution in [-0.2, 0) is 12.7 Å². The molecule has 0 spiro atoms. The third-order valence-corrected chi connectivity index (χ3v) is 5.64. The van der Waals surface area contributed by atoms with Crippen molar-refractivity contribution in [2.45, 2.75) is 19.1 Å². The Morgan fingerprint density at radius 1 is 1.26 bits per heavy atom. The van der Waals surface area contributed by atoms with Crippen LogP contribution < -0.4 is 5.32 Å². The number of aromatic nitrogens is 1. The zero-order valence-electron chi connectivity index (χ0n) is 19.0. The molecule has 2 heterocycles. The highest BCUT2D eigenvalue weighted by Crippen LogP contribution is 2.35. The molecule has 1 saturated heterocycles. The van der Waals surface area contributed by atoms with Gasteiger partial charge in [-0.05, 0) is 53.3 Å². The van der Waals surface area contributed by atoms with Gasteiger partial charge in [0.15, 0.2) is 0 Å². The third kappa shape index (κ3) is 6.10. The summed E-state index contributed by atoms with van der Waals surface area (Å²) in [5.41, 5.74) is -1.60. The summed E-state index contributed by atoms with van der Waals surface area (Å²) in [6, 6.07) is 4.59. The lowest BCUT2D eigenvalue weighted by Gasteiger charge is -2.33. The smallest absolute Gasteiger partial charge is 0.322 e. The van der Waals surface area contributed by atoms with Crippen LogP contribution in [0.15, 0.2) is 30.5 Å². The summed E-state index contributed by atoms with van der Waals surface area (Å²) < 4.78 is 89.2. The molecule has 1 aromatic carbocycles. The second kappa shape index (κ2) is 9.74. The van der Waals surface area contributed by atoms with Crippen LogP contribution in [0, 0.1) is 3.57 Å². The van der Waals surface area contributed by atoms with Crippen molar-refractivity contribution >= 4 is 34.2 Å². The number of amides is 1. The lowest BCUT2D eigenvalue weighted by molar-refractivity contribution is -0.138. The van der Waals surface area contributed by atoms with Crippen LogP contribution in [0.3, 0.4) is 0 Å². The highest BCUT2D eigenvalue weighted by molar-refractivity contribution is 14.1. The molecule has 1 aliphatic heterocycles. The fourth-order valence-electron chi connectivity index (χ4n) is 3.14. The summed E-state index contributed by atoms with van der Waals surface area (Å²) in [5.74, 6) is -0.784. The Labute approximate surface area is 194 Å². The van der Waals surface area contributed by atoms with E-state index in [-0.39, 0.29) is 40.0 Å². The summed E-state index contributed by atoms with van der Waals surface area (Å²) in [6.07, 6.45) is -6.56. The SMILES string of the molecule is [2H]C([2H])([2H])N1CCN(Cc2ccc(NC(=O)c3cnc(C(F)F)c(I)c3)cc2C(F)(F)F)CC1. The second-order valence-corrected chi connectivity index (χ2v) is 8.14. The lowest BCUT2D eigenvalue weighted by atomic mass is 10.0. The number of hydrogen-bond acceptors (Lipinski definition) is 4. The predicted octanol–water partition coefficient (Wildman–Crippen LogP) is 4.64. The molecule has 0 unspecified atom stereocenters. The maximum atomic E-state index is 13.7. The summed E-state index contributed by atoms with van der Waals surface area (Å²) in [7, 11) is 0. The van der Waals surface area contributed by atoms with Crippen LogP contribution in [0.2, 0.25) is 0 Å². The number of nitrogens with zero attached hydrogens (tertiary/aromatic N) is 3. The van der Waals surface area contributed by atoms with Crippen LogP contribution in [-0.4, -0.2) is 53.8 Å². The summed E-state index contributed by atoms with van der Waals surface area (Å²) in [4.78, 5) is 19.0. The molecule has 2 aromatic rings. The molecule has 0 radical (unpaired) electrons. The number of benzene rings is 1. The minimum atomic E-state index is -4.69. The van der Waals surface area contributed by atoms with E-state index in [0.717, 1.165) is 12.3 Å². The van der Waals surface area contributed by atoms with Crippen LogP contribution in [0.25, 0.3) is 0 Å². The topological polar surface area (TPSA) is 48.5 Å². The second-order valence-electron chi connectivity index (χ2n) is 6.98. The molecule has 31 heavy (non-hydrogen) atoms. The van der Waals surface area contributed by atoms with Gasteiger partial charge in [-0.2, -0.15) is 13.2 Å². The lowest BCUT2D eigenvalue weighted by Crippen LogP contribution is -2.44. The first-order valence-corrected chi connectivity index (χ1v) is 10.3. The number of nitrogens with one attached hydrogen (secondary N) is 1. The highest BCUT2D eigenvalue weighted by atomic mass is 127. The zero-order chi connectivity index (χ0) is 25.3. The van der Waals surface area contributed by atoms with Crippen molar-refractivity contribution in [3.63, 3.8) is 0 Å². The molecular formula is C20H20F5IN4O. The molecule has 0 atom stereocenters. The number of anilines is 1. The first kappa shape index (κ1) is 19.8. The minimum Gasteiger partial charge on any atom is -0.322 e. The molecule has 1 aliphatic rings. The maximum absolute atomic E-state index is 13.7. The molecular weight excluding hydrogens is 534 g/mol. The van der Waals surface area contributed by atoms with Gasteiger partial charge in [0.1, 0.15) is 5.69 Å². The maximum Gasteiger partial charge on any atom is 0.416 e. The molecule has 3 rings (SSSR count). The van der Waals surface area contributed by atoms with Crippen LogP contribution in [0.4, 0.5) is 27.6 Å². The van der Waals surface area contributed by atoms with E-state index in [4.69, 9.17) is 4.11 Å². The number of carbonyl (C=O) groups excluding carboxylic acids is 1. The van der Waals surface area contributed by atoms with Gasteiger partial charge in [0, 0.05) is 52.3 Å². The van der Waals surface area contributed by atoms with Crippen LogP contribution in [0.1, 0.15) is 37.7 Å². The molecule has 168 valence electrons. The van der Waals surface area contributed by atoms with E-state index in [1.807, 2.05) is 0 Å². The van der Waals surface area contributed by atoms with Crippen molar-refractivity contribution in [3.05, 3.63) is 56.4 Å². The Bertz CT molecular complexity index is 1040. The van der Waals surface area contributed by atoms with Crippen molar-refractivity contribution in [2.24, 2.45) is 0 Å². The molecule has 0 aliphatic carbocycles. The standard InChI is InChI=1S/C20H20F5IN4O/c1-29-4-6-30(7-5-29)11-12-2-3-14(9-15(12)20(23,24)25)28-19(31)13-8-16(26)17(18(21)22)27-10-13/h2-3,8-10,18H,4-7,11H2,1H3,(H,28,31)/i1D3. The summed E-state index contributed by atoms with van der Waals surface area (Å²) in [5, 5.41) is 2.35. The third-order valence-electron chi connectivity index (χ3n) is 4.78. The number of pyridine rings is 1. The summed E-state index contributed by atoms with van der Waals surface area (Å²) in [6.45, 7) is -1.25. The quantitative estimate of drug-likeness (QED) is 0.430. The van der Waals surface area contributed by atoms with E-state index < -0.39 is 36.7 Å². The molecule has 0 saturated carbocycles.